The number of aryl methyl sites for hydroxylation is 1. The van der Waals surface area contributed by atoms with Gasteiger partial charge in [-0.2, -0.15) is 5.26 Å². The normalized spacial score (nSPS) is 16.6. The molecule has 0 aliphatic heterocycles. The van der Waals surface area contributed by atoms with Crippen molar-refractivity contribution >= 4 is 5.97 Å². The summed E-state index contributed by atoms with van der Waals surface area (Å²) in [6.45, 7) is 0. The Morgan fingerprint density at radius 1 is 1.14 bits per heavy atom. The number of hydrogen-bond acceptors (Lipinski definition) is 3. The largest absolute Gasteiger partial charge is 0.454 e. The lowest BCUT2D eigenvalue weighted by Crippen LogP contribution is -2.16. The Hall–Kier alpha value is -2.60. The van der Waals surface area contributed by atoms with Gasteiger partial charge in [0.2, 0.25) is 0 Å². The Kier molecular flexibility index (Phi) is 3.70. The van der Waals surface area contributed by atoms with Gasteiger partial charge in [0, 0.05) is 0 Å². The fourth-order valence-corrected chi connectivity index (χ4v) is 2.71. The summed E-state index contributed by atoms with van der Waals surface area (Å²) in [4.78, 5) is 12.2. The zero-order valence-electron chi connectivity index (χ0n) is 11.6. The molecule has 0 saturated carbocycles. The van der Waals surface area contributed by atoms with Gasteiger partial charge in [0.05, 0.1) is 17.2 Å². The zero-order chi connectivity index (χ0) is 14.7. The first-order chi connectivity index (χ1) is 10.3. The van der Waals surface area contributed by atoms with E-state index in [1.54, 1.807) is 24.3 Å². The maximum Gasteiger partial charge on any atom is 0.338 e. The predicted molar refractivity (Wildman–Crippen MR) is 78.7 cm³/mol. The number of ether oxygens (including phenoxy) is 1. The Morgan fingerprint density at radius 3 is 2.67 bits per heavy atom. The molecule has 0 radical (unpaired) electrons. The zero-order valence-corrected chi connectivity index (χ0v) is 11.6. The van der Waals surface area contributed by atoms with E-state index in [1.165, 1.54) is 5.56 Å². The van der Waals surface area contributed by atoms with Crippen molar-refractivity contribution < 1.29 is 9.53 Å². The summed E-state index contributed by atoms with van der Waals surface area (Å²) in [6.07, 6.45) is 2.76. The topological polar surface area (TPSA) is 50.1 Å². The fraction of sp³-hybridized carbons (Fsp3) is 0.222. The van der Waals surface area contributed by atoms with Crippen LogP contribution in [0.4, 0.5) is 0 Å². The van der Waals surface area contributed by atoms with E-state index in [0.29, 0.717) is 11.1 Å². The highest BCUT2D eigenvalue weighted by molar-refractivity contribution is 5.89. The third kappa shape index (κ3) is 2.80. The monoisotopic (exact) mass is 277 g/mol. The summed E-state index contributed by atoms with van der Waals surface area (Å²) in [6, 6.07) is 16.7. The van der Waals surface area contributed by atoms with Crippen LogP contribution >= 0.6 is 0 Å². The van der Waals surface area contributed by atoms with E-state index in [2.05, 4.69) is 6.07 Å². The van der Waals surface area contributed by atoms with Crippen molar-refractivity contribution in [1.82, 2.24) is 0 Å². The number of nitriles is 1. The first-order valence-corrected chi connectivity index (χ1v) is 7.07. The Balaban J connectivity index is 1.78. The molecule has 1 unspecified atom stereocenters. The highest BCUT2D eigenvalue weighted by atomic mass is 16.5. The minimum atomic E-state index is -0.332. The standard InChI is InChI=1S/C18H15NO2/c19-12-13-8-10-15(11-9-13)18(20)21-17-7-3-5-14-4-1-2-6-16(14)17/h1-2,4,6,8-11,17H,3,5,7H2. The van der Waals surface area contributed by atoms with E-state index < -0.39 is 0 Å². The molecule has 1 atom stereocenters. The summed E-state index contributed by atoms with van der Waals surface area (Å²) < 4.78 is 5.66. The van der Waals surface area contributed by atoms with E-state index in [4.69, 9.17) is 10.00 Å². The van der Waals surface area contributed by atoms with Gasteiger partial charge >= 0.3 is 5.97 Å². The van der Waals surface area contributed by atoms with Crippen molar-refractivity contribution in [2.45, 2.75) is 25.4 Å². The molecule has 0 saturated heterocycles. The van der Waals surface area contributed by atoms with Crippen LogP contribution in [0.5, 0.6) is 0 Å². The molecule has 2 aromatic rings. The van der Waals surface area contributed by atoms with E-state index in [-0.39, 0.29) is 12.1 Å². The van der Waals surface area contributed by atoms with Crippen molar-refractivity contribution in [3.63, 3.8) is 0 Å². The third-order valence-electron chi connectivity index (χ3n) is 3.81. The lowest BCUT2D eigenvalue weighted by Gasteiger charge is -2.25. The molecule has 0 heterocycles. The van der Waals surface area contributed by atoms with Gasteiger partial charge in [-0.1, -0.05) is 24.3 Å². The molecule has 3 nitrogen and oxygen atoms in total. The summed E-state index contributed by atoms with van der Waals surface area (Å²) >= 11 is 0. The van der Waals surface area contributed by atoms with Gasteiger partial charge in [-0.15, -0.1) is 0 Å². The number of esters is 1. The minimum Gasteiger partial charge on any atom is -0.454 e. The van der Waals surface area contributed by atoms with Crippen molar-refractivity contribution in [3.8, 4) is 6.07 Å². The number of nitrogens with zero attached hydrogens (tertiary/aromatic N) is 1. The molecular weight excluding hydrogens is 262 g/mol. The Labute approximate surface area is 123 Å². The molecule has 0 bridgehead atoms. The first-order valence-electron chi connectivity index (χ1n) is 7.07. The fourth-order valence-electron chi connectivity index (χ4n) is 2.71. The van der Waals surface area contributed by atoms with Gasteiger partial charge < -0.3 is 4.74 Å². The maximum absolute atomic E-state index is 12.2. The predicted octanol–water partition coefficient (Wildman–Crippen LogP) is 3.79. The van der Waals surface area contributed by atoms with E-state index >= 15 is 0 Å². The summed E-state index contributed by atoms with van der Waals surface area (Å²) in [5, 5.41) is 8.77. The van der Waals surface area contributed by atoms with Crippen LogP contribution < -0.4 is 0 Å². The molecular formula is C18H15NO2. The second-order valence-corrected chi connectivity index (χ2v) is 5.17. The summed E-state index contributed by atoms with van der Waals surface area (Å²) in [5.74, 6) is -0.332. The van der Waals surface area contributed by atoms with Gasteiger partial charge in [-0.05, 0) is 54.7 Å². The van der Waals surface area contributed by atoms with Gasteiger partial charge in [-0.25, -0.2) is 4.79 Å². The highest BCUT2D eigenvalue weighted by Gasteiger charge is 2.23. The molecule has 0 spiro atoms. The molecule has 1 aliphatic rings. The van der Waals surface area contributed by atoms with Crippen LogP contribution in [-0.2, 0) is 11.2 Å². The average Bonchev–Trinajstić information content (AvgIpc) is 2.55. The highest BCUT2D eigenvalue weighted by Crippen LogP contribution is 2.32. The number of fused-ring (bicyclic) bond motifs is 1. The number of rotatable bonds is 2. The third-order valence-corrected chi connectivity index (χ3v) is 3.81. The number of hydrogen-bond donors (Lipinski definition) is 0. The number of carbonyl (C=O) groups excluding carboxylic acids is 1. The molecule has 3 heteroatoms. The van der Waals surface area contributed by atoms with Gasteiger partial charge in [0.1, 0.15) is 6.10 Å². The van der Waals surface area contributed by atoms with Crippen LogP contribution in [0.2, 0.25) is 0 Å². The van der Waals surface area contributed by atoms with Crippen LogP contribution in [0.1, 0.15) is 46.0 Å². The second kappa shape index (κ2) is 5.80. The minimum absolute atomic E-state index is 0.168. The van der Waals surface area contributed by atoms with E-state index in [0.717, 1.165) is 24.8 Å². The van der Waals surface area contributed by atoms with Crippen LogP contribution in [-0.4, -0.2) is 5.97 Å². The van der Waals surface area contributed by atoms with E-state index in [1.807, 2.05) is 24.3 Å². The van der Waals surface area contributed by atoms with Crippen molar-refractivity contribution in [3.05, 3.63) is 70.8 Å². The summed E-state index contributed by atoms with van der Waals surface area (Å²) in [5.41, 5.74) is 3.40. The lowest BCUT2D eigenvalue weighted by molar-refractivity contribution is 0.0256. The molecule has 0 amide bonds. The molecule has 104 valence electrons. The first kappa shape index (κ1) is 13.4. The van der Waals surface area contributed by atoms with Crippen LogP contribution in [0, 0.1) is 11.3 Å². The SMILES string of the molecule is N#Cc1ccc(C(=O)OC2CCCc3ccccc32)cc1. The molecule has 21 heavy (non-hydrogen) atoms. The number of carbonyl (C=O) groups is 1. The summed E-state index contributed by atoms with van der Waals surface area (Å²) in [7, 11) is 0. The van der Waals surface area contributed by atoms with Crippen molar-refractivity contribution in [2.75, 3.05) is 0 Å². The van der Waals surface area contributed by atoms with E-state index in [9.17, 15) is 4.79 Å². The Bertz CT molecular complexity index is 698. The molecule has 3 rings (SSSR count). The molecule has 0 fully saturated rings. The van der Waals surface area contributed by atoms with Crippen LogP contribution in [0.15, 0.2) is 48.5 Å². The Morgan fingerprint density at radius 2 is 1.90 bits per heavy atom. The lowest BCUT2D eigenvalue weighted by atomic mass is 9.89. The molecule has 0 aromatic heterocycles. The second-order valence-electron chi connectivity index (χ2n) is 5.17. The van der Waals surface area contributed by atoms with Crippen molar-refractivity contribution in [1.29, 1.82) is 5.26 Å². The molecule has 1 aliphatic carbocycles. The maximum atomic E-state index is 12.2. The van der Waals surface area contributed by atoms with Crippen molar-refractivity contribution in [2.24, 2.45) is 0 Å². The average molecular weight is 277 g/mol. The van der Waals surface area contributed by atoms with Gasteiger partial charge in [0.25, 0.3) is 0 Å². The van der Waals surface area contributed by atoms with Crippen LogP contribution in [0.25, 0.3) is 0 Å². The smallest absolute Gasteiger partial charge is 0.338 e. The molecule has 0 N–H and O–H groups in total. The quantitative estimate of drug-likeness (QED) is 0.785. The number of benzene rings is 2. The van der Waals surface area contributed by atoms with Gasteiger partial charge in [0.15, 0.2) is 0 Å². The molecule has 2 aromatic carbocycles. The van der Waals surface area contributed by atoms with Crippen LogP contribution in [0.3, 0.4) is 0 Å². The van der Waals surface area contributed by atoms with Gasteiger partial charge in [-0.3, -0.25) is 0 Å².